The Bertz CT molecular complexity index is 752. The van der Waals surface area contributed by atoms with Gasteiger partial charge < -0.3 is 15.0 Å². The molecule has 8 nitrogen and oxygen atoms in total. The van der Waals surface area contributed by atoms with Crippen molar-refractivity contribution in [1.29, 1.82) is 0 Å². The van der Waals surface area contributed by atoms with Crippen molar-refractivity contribution < 1.29 is 20.0 Å². The summed E-state index contributed by atoms with van der Waals surface area (Å²) in [6.45, 7) is 6.09. The van der Waals surface area contributed by atoms with Crippen molar-refractivity contribution in [2.75, 3.05) is 26.3 Å². The van der Waals surface area contributed by atoms with Crippen LogP contribution < -0.4 is 5.23 Å². The summed E-state index contributed by atoms with van der Waals surface area (Å²) in [6.07, 6.45) is 11.4. The number of hydrogen-bond acceptors (Lipinski definition) is 5. The Morgan fingerprint density at radius 1 is 0.912 bits per heavy atom. The SMILES string of the molecule is CCN(CC)CN(CC(=O)N(C1CCCCC1)C1CCCCC1)C(=O)c1ccc([NH+]([O-])O)cc1. The number of carbonyl (C=O) groups is 2. The summed E-state index contributed by atoms with van der Waals surface area (Å²) < 4.78 is 0. The monoisotopic (exact) mass is 474 g/mol. The first-order valence-electron chi connectivity index (χ1n) is 13.1. The number of amides is 2. The third-order valence-corrected chi connectivity index (χ3v) is 7.48. The van der Waals surface area contributed by atoms with Crippen LogP contribution in [0, 0.1) is 5.21 Å². The lowest BCUT2D eigenvalue weighted by Gasteiger charge is -2.43. The van der Waals surface area contributed by atoms with Gasteiger partial charge in [0.05, 0.1) is 6.67 Å². The van der Waals surface area contributed by atoms with Crippen LogP contribution in [0.5, 0.6) is 0 Å². The second kappa shape index (κ2) is 13.2. The highest BCUT2D eigenvalue weighted by atomic mass is 16.8. The maximum Gasteiger partial charge on any atom is 0.255 e. The van der Waals surface area contributed by atoms with Crippen LogP contribution in [0.2, 0.25) is 0 Å². The minimum atomic E-state index is -1.02. The summed E-state index contributed by atoms with van der Waals surface area (Å²) >= 11 is 0. The van der Waals surface area contributed by atoms with E-state index in [4.69, 9.17) is 0 Å². The molecule has 2 aliphatic carbocycles. The molecule has 3 rings (SSSR count). The molecule has 190 valence electrons. The van der Waals surface area contributed by atoms with E-state index in [2.05, 4.69) is 9.80 Å². The summed E-state index contributed by atoms with van der Waals surface area (Å²) in [4.78, 5) is 33.2. The van der Waals surface area contributed by atoms with Crippen molar-refractivity contribution in [3.8, 4) is 0 Å². The van der Waals surface area contributed by atoms with Gasteiger partial charge in [0.15, 0.2) is 5.69 Å². The molecular weight excluding hydrogens is 432 g/mol. The summed E-state index contributed by atoms with van der Waals surface area (Å²) in [7, 11) is 0. The van der Waals surface area contributed by atoms with Crippen LogP contribution in [-0.4, -0.2) is 70.1 Å². The van der Waals surface area contributed by atoms with Crippen molar-refractivity contribution >= 4 is 17.5 Å². The Morgan fingerprint density at radius 3 is 1.85 bits per heavy atom. The van der Waals surface area contributed by atoms with Gasteiger partial charge in [0.25, 0.3) is 5.91 Å². The molecule has 1 aromatic rings. The number of quaternary nitrogens is 1. The van der Waals surface area contributed by atoms with Crippen LogP contribution in [0.15, 0.2) is 24.3 Å². The van der Waals surface area contributed by atoms with E-state index in [-0.39, 0.29) is 36.1 Å². The summed E-state index contributed by atoms with van der Waals surface area (Å²) in [5.41, 5.74) is 0.551. The van der Waals surface area contributed by atoms with Gasteiger partial charge >= 0.3 is 0 Å². The van der Waals surface area contributed by atoms with E-state index >= 15 is 0 Å². The van der Waals surface area contributed by atoms with Crippen LogP contribution in [0.1, 0.15) is 88.4 Å². The zero-order chi connectivity index (χ0) is 24.5. The molecule has 2 amide bonds. The quantitative estimate of drug-likeness (QED) is 0.401. The van der Waals surface area contributed by atoms with Crippen molar-refractivity contribution in [3.63, 3.8) is 0 Å². The zero-order valence-electron chi connectivity index (χ0n) is 20.9. The normalized spacial score (nSPS) is 18.6. The van der Waals surface area contributed by atoms with E-state index in [0.29, 0.717) is 12.2 Å². The molecule has 0 aromatic heterocycles. The first kappa shape index (κ1) is 26.6. The van der Waals surface area contributed by atoms with Crippen LogP contribution in [0.4, 0.5) is 5.69 Å². The molecule has 2 saturated carbocycles. The Morgan fingerprint density at radius 2 is 1.41 bits per heavy atom. The minimum absolute atomic E-state index is 0.0569. The minimum Gasteiger partial charge on any atom is -0.595 e. The molecule has 0 radical (unpaired) electrons. The Kier molecular flexibility index (Phi) is 10.3. The second-order valence-corrected chi connectivity index (χ2v) is 9.71. The highest BCUT2D eigenvalue weighted by molar-refractivity contribution is 5.96. The molecule has 0 spiro atoms. The van der Waals surface area contributed by atoms with Crippen molar-refractivity contribution in [3.05, 3.63) is 35.0 Å². The molecular formula is C26H42N4O4. The molecule has 1 atom stereocenters. The predicted molar refractivity (Wildman–Crippen MR) is 132 cm³/mol. The molecule has 2 aliphatic rings. The van der Waals surface area contributed by atoms with Crippen LogP contribution in [0.3, 0.4) is 0 Å². The standard InChI is InChI=1S/C26H42N4O4/c1-3-27(4-2)20-28(26(32)21-15-17-24(18-16-21)30(33)34)19-25(31)29(22-11-7-5-8-12-22)23-13-9-6-10-14-23/h15-18,22-23,30,33H,3-14,19-20H2,1-2H3. The second-order valence-electron chi connectivity index (χ2n) is 9.71. The Hall–Kier alpha value is -2.00. The zero-order valence-corrected chi connectivity index (χ0v) is 20.9. The number of hydrogen-bond donors (Lipinski definition) is 2. The molecule has 2 fully saturated rings. The van der Waals surface area contributed by atoms with Crippen LogP contribution in [-0.2, 0) is 4.79 Å². The van der Waals surface area contributed by atoms with E-state index in [1.165, 1.54) is 50.7 Å². The van der Waals surface area contributed by atoms with Crippen molar-refractivity contribution in [2.45, 2.75) is 90.1 Å². The maximum absolute atomic E-state index is 13.8. The van der Waals surface area contributed by atoms with Gasteiger partial charge in [-0.25, -0.2) is 5.21 Å². The lowest BCUT2D eigenvalue weighted by Crippen LogP contribution is -2.99. The average Bonchev–Trinajstić information content (AvgIpc) is 2.87. The highest BCUT2D eigenvalue weighted by Gasteiger charge is 2.34. The van der Waals surface area contributed by atoms with E-state index < -0.39 is 5.23 Å². The third-order valence-electron chi connectivity index (χ3n) is 7.48. The van der Waals surface area contributed by atoms with Gasteiger partial charge in [0, 0.05) is 29.8 Å². The number of nitrogens with one attached hydrogen (secondary N) is 1. The molecule has 0 bridgehead atoms. The van der Waals surface area contributed by atoms with Crippen LogP contribution >= 0.6 is 0 Å². The predicted octanol–water partition coefficient (Wildman–Crippen LogP) is 3.33. The number of rotatable bonds is 10. The third kappa shape index (κ3) is 7.01. The van der Waals surface area contributed by atoms with Crippen molar-refractivity contribution in [1.82, 2.24) is 14.7 Å². The molecule has 0 aliphatic heterocycles. The number of carbonyl (C=O) groups excluding carboxylic acids is 2. The average molecular weight is 475 g/mol. The smallest absolute Gasteiger partial charge is 0.255 e. The van der Waals surface area contributed by atoms with Crippen molar-refractivity contribution in [2.24, 2.45) is 0 Å². The number of benzene rings is 1. The molecule has 0 saturated heterocycles. The molecule has 8 heteroatoms. The maximum atomic E-state index is 13.8. The fourth-order valence-corrected chi connectivity index (χ4v) is 5.46. The van der Waals surface area contributed by atoms with E-state index in [9.17, 15) is 20.0 Å². The highest BCUT2D eigenvalue weighted by Crippen LogP contribution is 2.30. The summed E-state index contributed by atoms with van der Waals surface area (Å²) in [5, 5.41) is 19.4. The van der Waals surface area contributed by atoms with Gasteiger partial charge in [-0.3, -0.25) is 14.5 Å². The van der Waals surface area contributed by atoms with Crippen LogP contribution in [0.25, 0.3) is 0 Å². The van der Waals surface area contributed by atoms with Gasteiger partial charge in [-0.2, -0.15) is 5.23 Å². The topological polar surface area (TPSA) is 91.6 Å². The Balaban J connectivity index is 1.81. The lowest BCUT2D eigenvalue weighted by atomic mass is 9.88. The van der Waals surface area contributed by atoms with Gasteiger partial charge in [-0.05, 0) is 50.9 Å². The summed E-state index contributed by atoms with van der Waals surface area (Å²) in [6, 6.07) is 6.55. The molecule has 2 N–H and O–H groups in total. The molecule has 1 aromatic carbocycles. The van der Waals surface area contributed by atoms with Gasteiger partial charge in [-0.1, -0.05) is 52.4 Å². The van der Waals surface area contributed by atoms with Gasteiger partial charge in [-0.15, -0.1) is 0 Å². The largest absolute Gasteiger partial charge is 0.595 e. The van der Waals surface area contributed by atoms with Gasteiger partial charge in [0.1, 0.15) is 6.54 Å². The van der Waals surface area contributed by atoms with E-state index in [0.717, 1.165) is 38.8 Å². The molecule has 34 heavy (non-hydrogen) atoms. The first-order chi connectivity index (χ1) is 16.4. The fraction of sp³-hybridized carbons (Fsp3) is 0.692. The van der Waals surface area contributed by atoms with E-state index in [1.54, 1.807) is 17.0 Å². The number of nitrogens with zero attached hydrogens (tertiary/aromatic N) is 3. The lowest BCUT2D eigenvalue weighted by molar-refractivity contribution is -0.991. The fourth-order valence-electron chi connectivity index (χ4n) is 5.46. The first-order valence-corrected chi connectivity index (χ1v) is 13.1. The van der Waals surface area contributed by atoms with E-state index in [1.807, 2.05) is 13.8 Å². The molecule has 0 heterocycles. The summed E-state index contributed by atoms with van der Waals surface area (Å²) in [5.74, 6) is -0.175. The van der Waals surface area contributed by atoms with Gasteiger partial charge in [0.2, 0.25) is 5.91 Å². The molecule has 1 unspecified atom stereocenters. The Labute approximate surface area is 204 Å².